The van der Waals surface area contributed by atoms with Crippen molar-refractivity contribution in [3.63, 3.8) is 0 Å². The second-order valence-electron chi connectivity index (χ2n) is 10.0. The van der Waals surface area contributed by atoms with Crippen LogP contribution in [-0.2, 0) is 11.3 Å². The summed E-state index contributed by atoms with van der Waals surface area (Å²) in [6.45, 7) is 4.35. The molecular weight excluding hydrogens is 536 g/mol. The van der Waals surface area contributed by atoms with Crippen molar-refractivity contribution in [3.05, 3.63) is 118 Å². The molecule has 1 aromatic heterocycles. The molecule has 2 heterocycles. The van der Waals surface area contributed by atoms with Gasteiger partial charge in [0.1, 0.15) is 5.75 Å². The third kappa shape index (κ3) is 6.27. The fourth-order valence-corrected chi connectivity index (χ4v) is 5.26. The molecule has 3 N–H and O–H groups in total. The number of anilines is 1. The lowest BCUT2D eigenvalue weighted by Crippen LogP contribution is -2.49. The van der Waals surface area contributed by atoms with E-state index in [1.165, 1.54) is 0 Å². The summed E-state index contributed by atoms with van der Waals surface area (Å²) in [7, 11) is 1.61. The Morgan fingerprint density at radius 3 is 2.02 bits per heavy atom. The molecule has 1 amide bonds. The molecule has 3 aromatic carbocycles. The van der Waals surface area contributed by atoms with E-state index in [2.05, 4.69) is 34.6 Å². The summed E-state index contributed by atoms with van der Waals surface area (Å²) in [5.74, 6) is -0.244. The molecule has 0 radical (unpaired) electrons. The van der Waals surface area contributed by atoms with E-state index in [1.807, 2.05) is 74.5 Å². The van der Waals surface area contributed by atoms with E-state index in [0.717, 1.165) is 22.4 Å². The van der Waals surface area contributed by atoms with Gasteiger partial charge in [0.05, 0.1) is 13.2 Å². The van der Waals surface area contributed by atoms with Crippen LogP contribution in [-0.4, -0.2) is 56.7 Å². The van der Waals surface area contributed by atoms with Crippen molar-refractivity contribution in [2.24, 2.45) is 0 Å². The van der Waals surface area contributed by atoms with Crippen LogP contribution in [0.2, 0.25) is 0 Å². The Bertz CT molecular complexity index is 1520. The van der Waals surface area contributed by atoms with E-state index in [0.29, 0.717) is 13.1 Å². The zero-order chi connectivity index (χ0) is 30.2. The number of aromatic hydroxyl groups is 1. The maximum atomic E-state index is 13.7. The number of nitrogens with one attached hydrogen (secondary N) is 1. The van der Waals surface area contributed by atoms with Crippen molar-refractivity contribution < 1.29 is 24.5 Å². The summed E-state index contributed by atoms with van der Waals surface area (Å²) in [6, 6.07) is 27.2. The van der Waals surface area contributed by atoms with Gasteiger partial charge in [0.15, 0.2) is 5.69 Å². The minimum absolute atomic E-state index is 0.0472. The number of hydrogen-bond acceptors (Lipinski definition) is 7. The van der Waals surface area contributed by atoms with Crippen LogP contribution in [0.1, 0.15) is 53.0 Å². The molecule has 1 atom stereocenters. The highest BCUT2D eigenvalue weighted by Crippen LogP contribution is 2.41. The van der Waals surface area contributed by atoms with Crippen molar-refractivity contribution in [1.29, 1.82) is 0 Å². The minimum Gasteiger partial charge on any atom is -0.501 e. The zero-order valence-electron chi connectivity index (χ0n) is 23.7. The van der Waals surface area contributed by atoms with Crippen LogP contribution in [0.3, 0.4) is 0 Å². The Hall–Kier alpha value is -5.12. The quantitative estimate of drug-likeness (QED) is 0.264. The number of hydrogen-bond donors (Lipinski definition) is 3. The Balaban J connectivity index is 0.00000129. The fraction of sp³-hybridized carbons (Fsp3) is 0.250. The van der Waals surface area contributed by atoms with Crippen LogP contribution in [0.4, 0.5) is 5.95 Å². The van der Waals surface area contributed by atoms with Crippen molar-refractivity contribution in [2.45, 2.75) is 38.4 Å². The number of carboxylic acid groups (broad SMARTS) is 1. The summed E-state index contributed by atoms with van der Waals surface area (Å²) in [4.78, 5) is 40.8. The molecule has 0 aliphatic carbocycles. The average Bonchev–Trinajstić information content (AvgIpc) is 3.00. The number of fused-ring (bicyclic) bond motifs is 1. The summed E-state index contributed by atoms with van der Waals surface area (Å²) in [5.41, 5.74) is 2.16. The van der Waals surface area contributed by atoms with Crippen LogP contribution in [0.5, 0.6) is 11.5 Å². The third-order valence-electron chi connectivity index (χ3n) is 7.22. The monoisotopic (exact) mass is 570 g/mol. The highest BCUT2D eigenvalue weighted by Gasteiger charge is 2.41. The molecule has 1 aliphatic heterocycles. The Kier molecular flexibility index (Phi) is 9.59. The van der Waals surface area contributed by atoms with Crippen LogP contribution < -0.4 is 15.6 Å². The molecule has 5 rings (SSSR count). The first-order chi connectivity index (χ1) is 20.3. The summed E-state index contributed by atoms with van der Waals surface area (Å²) in [5, 5.41) is 21.1. The largest absolute Gasteiger partial charge is 0.501 e. The van der Waals surface area contributed by atoms with Gasteiger partial charge in [-0.3, -0.25) is 19.0 Å². The number of benzene rings is 3. The summed E-state index contributed by atoms with van der Waals surface area (Å²) >= 11 is 0. The number of ether oxygens (including phenoxy) is 1. The summed E-state index contributed by atoms with van der Waals surface area (Å²) < 4.78 is 6.98. The molecule has 0 spiro atoms. The van der Waals surface area contributed by atoms with Crippen LogP contribution in [0.15, 0.2) is 89.7 Å². The lowest BCUT2D eigenvalue weighted by molar-refractivity contribution is -0.122. The van der Waals surface area contributed by atoms with Crippen molar-refractivity contribution >= 4 is 18.3 Å². The fourth-order valence-electron chi connectivity index (χ4n) is 5.26. The summed E-state index contributed by atoms with van der Waals surface area (Å²) in [6.07, 6.45) is 0. The topological polar surface area (TPSA) is 134 Å². The molecule has 0 bridgehead atoms. The Morgan fingerprint density at radius 1 is 0.976 bits per heavy atom. The molecule has 0 fully saturated rings. The first-order valence-electron chi connectivity index (χ1n) is 13.5. The first kappa shape index (κ1) is 29.9. The lowest BCUT2D eigenvalue weighted by Gasteiger charge is -2.42. The molecule has 0 saturated heterocycles. The second kappa shape index (κ2) is 13.5. The average molecular weight is 571 g/mol. The molecular formula is C32H34N4O6. The molecule has 0 saturated carbocycles. The number of aromatic nitrogens is 2. The van der Waals surface area contributed by atoms with E-state index < -0.39 is 17.2 Å². The number of methoxy groups -OCH3 is 1. The van der Waals surface area contributed by atoms with Gasteiger partial charge in [-0.25, -0.2) is 0 Å². The van der Waals surface area contributed by atoms with Crippen molar-refractivity contribution in [2.75, 3.05) is 19.0 Å². The van der Waals surface area contributed by atoms with E-state index in [-0.39, 0.29) is 36.1 Å². The molecule has 10 heteroatoms. The highest BCUT2D eigenvalue weighted by molar-refractivity contribution is 5.96. The molecule has 4 aromatic rings. The molecule has 10 nitrogen and oxygen atoms in total. The van der Waals surface area contributed by atoms with Gasteiger partial charge in [0, 0.05) is 25.0 Å². The van der Waals surface area contributed by atoms with Gasteiger partial charge in [0.2, 0.25) is 11.7 Å². The van der Waals surface area contributed by atoms with Crippen molar-refractivity contribution in [1.82, 2.24) is 14.5 Å². The molecule has 1 aliphatic rings. The maximum Gasteiger partial charge on any atom is 0.317 e. The maximum absolute atomic E-state index is 13.7. The molecule has 42 heavy (non-hydrogen) atoms. The normalized spacial score (nSPS) is 14.2. The highest BCUT2D eigenvalue weighted by atomic mass is 16.5. The lowest BCUT2D eigenvalue weighted by atomic mass is 9.83. The van der Waals surface area contributed by atoms with Gasteiger partial charge in [-0.05, 0) is 42.7 Å². The Labute approximate surface area is 243 Å². The number of rotatable bonds is 8. The van der Waals surface area contributed by atoms with Crippen LogP contribution in [0, 0.1) is 0 Å². The van der Waals surface area contributed by atoms with Gasteiger partial charge < -0.3 is 25.2 Å². The standard InChI is InChI=1S/C31H32N4O4.CH2O2/c1-20(2)34-19-25(26(22-10-6-4-7-11-22)23-12-8-5-9-13-23)35-27(30(34)38)28(36)29(37)33-31(35)32-18-21-14-16-24(39-3)17-15-21;2-1-3/h4-17,20,25-26,36H,18-19H2,1-3H3,(H,32,33,37);1H,(H,2,3)/t25-;/m1./s1. The number of nitrogens with zero attached hydrogens (tertiary/aromatic N) is 3. The van der Waals surface area contributed by atoms with E-state index in [9.17, 15) is 14.7 Å². The minimum atomic E-state index is -0.841. The number of carbonyl (C=O) groups is 2. The Morgan fingerprint density at radius 2 is 1.52 bits per heavy atom. The van der Waals surface area contributed by atoms with Gasteiger partial charge in [-0.15, -0.1) is 0 Å². The predicted molar refractivity (Wildman–Crippen MR) is 159 cm³/mol. The molecule has 218 valence electrons. The first-order valence-corrected chi connectivity index (χ1v) is 13.5. The van der Waals surface area contributed by atoms with E-state index >= 15 is 0 Å². The van der Waals surface area contributed by atoms with E-state index in [4.69, 9.17) is 14.6 Å². The van der Waals surface area contributed by atoms with Gasteiger partial charge in [-0.1, -0.05) is 72.8 Å². The smallest absolute Gasteiger partial charge is 0.317 e. The molecule has 0 unspecified atom stereocenters. The van der Waals surface area contributed by atoms with Crippen molar-refractivity contribution in [3.8, 4) is 11.5 Å². The number of amides is 1. The van der Waals surface area contributed by atoms with Crippen LogP contribution >= 0.6 is 0 Å². The zero-order valence-corrected chi connectivity index (χ0v) is 23.7. The number of carbonyl (C=O) groups excluding carboxylic acids is 1. The third-order valence-corrected chi connectivity index (χ3v) is 7.22. The predicted octanol–water partition coefficient (Wildman–Crippen LogP) is 4.51. The van der Waals surface area contributed by atoms with Gasteiger partial charge >= 0.3 is 5.56 Å². The van der Waals surface area contributed by atoms with Crippen LogP contribution in [0.25, 0.3) is 0 Å². The second-order valence-corrected chi connectivity index (χ2v) is 10.0. The van der Waals surface area contributed by atoms with Gasteiger partial charge in [0.25, 0.3) is 12.4 Å². The van der Waals surface area contributed by atoms with Gasteiger partial charge in [-0.2, -0.15) is 4.98 Å². The SMILES string of the molecule is COc1ccc(CNc2nc(=O)c(O)c3n2[C@@H](C(c2ccccc2)c2ccccc2)CN(C(C)C)C3=O)cc1.O=CO. The van der Waals surface area contributed by atoms with E-state index in [1.54, 1.807) is 16.6 Å².